The van der Waals surface area contributed by atoms with Gasteiger partial charge in [0.25, 0.3) is 0 Å². The van der Waals surface area contributed by atoms with E-state index in [1.807, 2.05) is 0 Å². The molecule has 108 valence electrons. The lowest BCUT2D eigenvalue weighted by atomic mass is 10.2. The number of fused-ring (bicyclic) bond motifs is 1. The first-order valence-electron chi connectivity index (χ1n) is 5.93. The highest BCUT2D eigenvalue weighted by atomic mass is 19.4. The lowest BCUT2D eigenvalue weighted by molar-refractivity contribution is -0.274. The number of hydrogen-bond donors (Lipinski definition) is 1. The highest BCUT2D eigenvalue weighted by molar-refractivity contribution is 5.78. The number of ether oxygens (including phenoxy) is 1. The fourth-order valence-corrected chi connectivity index (χ4v) is 1.92. The van der Waals surface area contributed by atoms with Gasteiger partial charge in [0.1, 0.15) is 11.3 Å². The normalized spacial score (nSPS) is 11.8. The number of aromatic nitrogens is 1. The largest absolute Gasteiger partial charge is 0.573 e. The molecule has 0 radical (unpaired) electrons. The first-order chi connectivity index (χ1) is 9.92. The zero-order chi connectivity index (χ0) is 15.0. The first-order valence-corrected chi connectivity index (χ1v) is 5.93. The van der Waals surface area contributed by atoms with E-state index in [9.17, 15) is 13.2 Å². The van der Waals surface area contributed by atoms with Crippen molar-refractivity contribution in [1.82, 2.24) is 4.98 Å². The number of anilines is 1. The van der Waals surface area contributed by atoms with Gasteiger partial charge in [-0.2, -0.15) is 0 Å². The van der Waals surface area contributed by atoms with E-state index in [-0.39, 0.29) is 17.1 Å². The molecule has 2 N–H and O–H groups in total. The van der Waals surface area contributed by atoms with E-state index in [1.165, 1.54) is 12.1 Å². The summed E-state index contributed by atoms with van der Waals surface area (Å²) in [5.74, 6) is -0.397. The Balaban J connectivity index is 2.13. The van der Waals surface area contributed by atoms with Gasteiger partial charge >= 0.3 is 6.36 Å². The third-order valence-corrected chi connectivity index (χ3v) is 2.75. The maximum atomic E-state index is 12.4. The molecule has 0 unspecified atom stereocenters. The molecule has 7 heteroatoms. The van der Waals surface area contributed by atoms with E-state index in [4.69, 9.17) is 10.2 Å². The summed E-state index contributed by atoms with van der Waals surface area (Å²) in [7, 11) is 0. The Bertz CT molecular complexity index is 763. The fraction of sp³-hybridized carbons (Fsp3) is 0.0714. The van der Waals surface area contributed by atoms with E-state index < -0.39 is 12.1 Å². The average molecular weight is 294 g/mol. The summed E-state index contributed by atoms with van der Waals surface area (Å²) in [6.45, 7) is 0. The Labute approximate surface area is 116 Å². The summed E-state index contributed by atoms with van der Waals surface area (Å²) in [6.07, 6.45) is -4.81. The van der Waals surface area contributed by atoms with Crippen LogP contribution in [0.3, 0.4) is 0 Å². The number of nitrogens with two attached hydrogens (primary N) is 1. The highest BCUT2D eigenvalue weighted by Crippen LogP contribution is 2.36. The number of nitrogens with zero attached hydrogens (tertiary/aromatic N) is 1. The second kappa shape index (κ2) is 4.69. The minimum absolute atomic E-state index is 0.0164. The van der Waals surface area contributed by atoms with Gasteiger partial charge in [-0.15, -0.1) is 13.2 Å². The predicted molar refractivity (Wildman–Crippen MR) is 70.5 cm³/mol. The number of oxazole rings is 1. The van der Waals surface area contributed by atoms with Crippen LogP contribution in [0.4, 0.5) is 18.9 Å². The van der Waals surface area contributed by atoms with Crippen molar-refractivity contribution in [1.29, 1.82) is 0 Å². The zero-order valence-corrected chi connectivity index (χ0v) is 10.5. The number of nitrogen functional groups attached to an aromatic ring is 1. The molecule has 0 aliphatic rings. The first kappa shape index (κ1) is 13.3. The smallest absolute Gasteiger partial charge is 0.436 e. The van der Waals surface area contributed by atoms with Crippen molar-refractivity contribution < 1.29 is 22.3 Å². The SMILES string of the molecule is Nc1ccc(OC(F)(F)F)c(-c2nc3ccccc3o2)c1. The van der Waals surface area contributed by atoms with Crippen LogP contribution in [0.5, 0.6) is 5.75 Å². The standard InChI is InChI=1S/C14H9F3N2O2/c15-14(16,17)21-11-6-5-8(18)7-9(11)13-19-10-3-1-2-4-12(10)20-13/h1-7H,18H2. The maximum Gasteiger partial charge on any atom is 0.573 e. The van der Waals surface area contributed by atoms with Crippen molar-refractivity contribution in [3.05, 3.63) is 42.5 Å². The predicted octanol–water partition coefficient (Wildman–Crippen LogP) is 3.98. The molecule has 1 aromatic heterocycles. The zero-order valence-electron chi connectivity index (χ0n) is 10.5. The van der Waals surface area contributed by atoms with Crippen LogP contribution >= 0.6 is 0 Å². The van der Waals surface area contributed by atoms with Gasteiger partial charge in [0.15, 0.2) is 5.58 Å². The van der Waals surface area contributed by atoms with Crippen molar-refractivity contribution in [3.63, 3.8) is 0 Å². The molecule has 3 rings (SSSR count). The summed E-state index contributed by atoms with van der Waals surface area (Å²) in [5, 5.41) is 0. The summed E-state index contributed by atoms with van der Waals surface area (Å²) < 4.78 is 46.7. The highest BCUT2D eigenvalue weighted by Gasteiger charge is 2.32. The molecule has 0 aliphatic carbocycles. The van der Waals surface area contributed by atoms with E-state index in [0.29, 0.717) is 11.1 Å². The lowest BCUT2D eigenvalue weighted by Crippen LogP contribution is -2.17. The summed E-state index contributed by atoms with van der Waals surface area (Å²) >= 11 is 0. The van der Waals surface area contributed by atoms with Crippen LogP contribution in [-0.2, 0) is 0 Å². The average Bonchev–Trinajstić information content (AvgIpc) is 2.83. The molecule has 0 aliphatic heterocycles. The van der Waals surface area contributed by atoms with Crippen molar-refractivity contribution in [3.8, 4) is 17.2 Å². The van der Waals surface area contributed by atoms with Crippen molar-refractivity contribution >= 4 is 16.8 Å². The molecule has 0 fully saturated rings. The van der Waals surface area contributed by atoms with E-state index in [1.54, 1.807) is 24.3 Å². The summed E-state index contributed by atoms with van der Waals surface area (Å²) in [4.78, 5) is 4.15. The number of para-hydroxylation sites is 2. The van der Waals surface area contributed by atoms with Gasteiger partial charge in [0, 0.05) is 5.69 Å². The molecule has 4 nitrogen and oxygen atoms in total. The van der Waals surface area contributed by atoms with E-state index in [2.05, 4.69) is 9.72 Å². The molecule has 3 aromatic rings. The minimum Gasteiger partial charge on any atom is -0.436 e. The van der Waals surface area contributed by atoms with Gasteiger partial charge < -0.3 is 14.9 Å². The van der Waals surface area contributed by atoms with Gasteiger partial charge in [0.05, 0.1) is 5.56 Å². The third kappa shape index (κ3) is 2.76. The van der Waals surface area contributed by atoms with Crippen LogP contribution in [-0.4, -0.2) is 11.3 Å². The van der Waals surface area contributed by atoms with Crippen LogP contribution in [0, 0.1) is 0 Å². The molecule has 21 heavy (non-hydrogen) atoms. The van der Waals surface area contributed by atoms with Crippen LogP contribution < -0.4 is 10.5 Å². The van der Waals surface area contributed by atoms with Gasteiger partial charge in [0.2, 0.25) is 5.89 Å². The molecular formula is C14H9F3N2O2. The van der Waals surface area contributed by atoms with E-state index >= 15 is 0 Å². The number of benzene rings is 2. The van der Waals surface area contributed by atoms with Crippen LogP contribution in [0.1, 0.15) is 0 Å². The van der Waals surface area contributed by atoms with Gasteiger partial charge in [-0.05, 0) is 30.3 Å². The number of halogens is 3. The monoisotopic (exact) mass is 294 g/mol. The van der Waals surface area contributed by atoms with Crippen molar-refractivity contribution in [2.24, 2.45) is 0 Å². The van der Waals surface area contributed by atoms with Crippen molar-refractivity contribution in [2.75, 3.05) is 5.73 Å². The Morgan fingerprint density at radius 3 is 2.57 bits per heavy atom. The quantitative estimate of drug-likeness (QED) is 0.726. The molecule has 0 amide bonds. The Kier molecular flexibility index (Phi) is 2.97. The molecule has 1 heterocycles. The van der Waals surface area contributed by atoms with Gasteiger partial charge in [-0.3, -0.25) is 0 Å². The Morgan fingerprint density at radius 2 is 1.86 bits per heavy atom. The van der Waals surface area contributed by atoms with Gasteiger partial charge in [-0.25, -0.2) is 4.98 Å². The third-order valence-electron chi connectivity index (χ3n) is 2.75. The van der Waals surface area contributed by atoms with E-state index in [0.717, 1.165) is 6.07 Å². The molecule has 0 spiro atoms. The number of rotatable bonds is 2. The number of hydrogen-bond acceptors (Lipinski definition) is 4. The summed E-state index contributed by atoms with van der Waals surface area (Å²) in [5.41, 5.74) is 6.94. The van der Waals surface area contributed by atoms with Gasteiger partial charge in [-0.1, -0.05) is 12.1 Å². The fourth-order valence-electron chi connectivity index (χ4n) is 1.92. The second-order valence-corrected chi connectivity index (χ2v) is 4.29. The molecule has 0 saturated carbocycles. The van der Waals surface area contributed by atoms with Crippen LogP contribution in [0.25, 0.3) is 22.6 Å². The second-order valence-electron chi connectivity index (χ2n) is 4.29. The molecule has 0 bridgehead atoms. The molecular weight excluding hydrogens is 285 g/mol. The lowest BCUT2D eigenvalue weighted by Gasteiger charge is -2.11. The van der Waals surface area contributed by atoms with Crippen molar-refractivity contribution in [2.45, 2.75) is 6.36 Å². The molecule has 0 atom stereocenters. The Morgan fingerprint density at radius 1 is 1.10 bits per heavy atom. The minimum atomic E-state index is -4.81. The Hall–Kier alpha value is -2.70. The van der Waals surface area contributed by atoms with Crippen LogP contribution in [0.15, 0.2) is 46.9 Å². The molecule has 0 saturated heterocycles. The molecule has 2 aromatic carbocycles. The van der Waals surface area contributed by atoms with Crippen LogP contribution in [0.2, 0.25) is 0 Å². The summed E-state index contributed by atoms with van der Waals surface area (Å²) in [6, 6.07) is 10.6. The maximum absolute atomic E-state index is 12.4. The number of alkyl halides is 3. The topological polar surface area (TPSA) is 61.3 Å².